The number of amides is 2. The molecule has 0 atom stereocenters. The molecule has 5 nitrogen and oxygen atoms in total. The summed E-state index contributed by atoms with van der Waals surface area (Å²) in [7, 11) is 0. The van der Waals surface area contributed by atoms with Gasteiger partial charge in [0.15, 0.2) is 0 Å². The van der Waals surface area contributed by atoms with Gasteiger partial charge in [-0.3, -0.25) is 9.59 Å². The third-order valence-electron chi connectivity index (χ3n) is 4.75. The summed E-state index contributed by atoms with van der Waals surface area (Å²) in [4.78, 5) is 28.5. The van der Waals surface area contributed by atoms with Crippen molar-refractivity contribution in [3.05, 3.63) is 65.7 Å². The van der Waals surface area contributed by atoms with Crippen LogP contribution in [-0.2, 0) is 16.0 Å². The van der Waals surface area contributed by atoms with Gasteiger partial charge in [0.25, 0.3) is 0 Å². The molecule has 5 heteroatoms. The molecule has 0 spiro atoms. The predicted molar refractivity (Wildman–Crippen MR) is 105 cm³/mol. The van der Waals surface area contributed by atoms with Gasteiger partial charge in [0.1, 0.15) is 5.75 Å². The van der Waals surface area contributed by atoms with Crippen molar-refractivity contribution in [2.45, 2.75) is 19.8 Å². The monoisotopic (exact) mass is 366 g/mol. The molecule has 27 heavy (non-hydrogen) atoms. The Bertz CT molecular complexity index is 768. The molecule has 0 N–H and O–H groups in total. The van der Waals surface area contributed by atoms with Gasteiger partial charge in [-0.1, -0.05) is 48.0 Å². The van der Waals surface area contributed by atoms with Crippen LogP contribution in [0.1, 0.15) is 17.5 Å². The molecule has 3 rings (SSSR count). The van der Waals surface area contributed by atoms with Crippen LogP contribution in [0, 0.1) is 6.92 Å². The maximum atomic E-state index is 12.5. The van der Waals surface area contributed by atoms with Crippen LogP contribution >= 0.6 is 0 Å². The lowest BCUT2D eigenvalue weighted by Gasteiger charge is -2.35. The molecule has 0 saturated carbocycles. The van der Waals surface area contributed by atoms with E-state index in [0.29, 0.717) is 45.6 Å². The Balaban J connectivity index is 1.40. The lowest BCUT2D eigenvalue weighted by atomic mass is 10.1. The van der Waals surface area contributed by atoms with E-state index in [2.05, 4.69) is 0 Å². The maximum Gasteiger partial charge on any atom is 0.227 e. The number of hydrogen-bond donors (Lipinski definition) is 0. The summed E-state index contributed by atoms with van der Waals surface area (Å²) in [5, 5.41) is 0. The van der Waals surface area contributed by atoms with Gasteiger partial charge in [0.2, 0.25) is 11.8 Å². The summed E-state index contributed by atoms with van der Waals surface area (Å²) >= 11 is 0. The van der Waals surface area contributed by atoms with Crippen molar-refractivity contribution in [1.82, 2.24) is 9.80 Å². The third-order valence-corrected chi connectivity index (χ3v) is 4.75. The second-order valence-electron chi connectivity index (χ2n) is 6.84. The fraction of sp³-hybridized carbons (Fsp3) is 0.364. The Labute approximate surface area is 160 Å². The largest absolute Gasteiger partial charge is 0.493 e. The molecule has 2 aromatic rings. The van der Waals surface area contributed by atoms with Gasteiger partial charge in [-0.05, 0) is 24.6 Å². The molecule has 0 bridgehead atoms. The molecule has 1 saturated heterocycles. The first kappa shape index (κ1) is 19.0. The van der Waals surface area contributed by atoms with Crippen molar-refractivity contribution >= 4 is 11.8 Å². The molecule has 142 valence electrons. The second-order valence-corrected chi connectivity index (χ2v) is 6.84. The van der Waals surface area contributed by atoms with Crippen molar-refractivity contribution in [3.8, 4) is 5.75 Å². The quantitative estimate of drug-likeness (QED) is 0.790. The van der Waals surface area contributed by atoms with Crippen molar-refractivity contribution in [2.75, 3.05) is 32.8 Å². The number of para-hydroxylation sites is 1. The third kappa shape index (κ3) is 5.58. The van der Waals surface area contributed by atoms with E-state index >= 15 is 0 Å². The van der Waals surface area contributed by atoms with Gasteiger partial charge < -0.3 is 14.5 Å². The number of nitrogens with zero attached hydrogens (tertiary/aromatic N) is 2. The molecule has 0 aliphatic carbocycles. The minimum Gasteiger partial charge on any atom is -0.493 e. The highest BCUT2D eigenvalue weighted by atomic mass is 16.5. The topological polar surface area (TPSA) is 49.9 Å². The van der Waals surface area contributed by atoms with Crippen LogP contribution in [0.2, 0.25) is 0 Å². The summed E-state index contributed by atoms with van der Waals surface area (Å²) in [5.41, 5.74) is 2.20. The molecule has 2 aromatic carbocycles. The highest BCUT2D eigenvalue weighted by molar-refractivity contribution is 5.80. The van der Waals surface area contributed by atoms with E-state index in [9.17, 15) is 9.59 Å². The van der Waals surface area contributed by atoms with E-state index in [1.54, 1.807) is 0 Å². The number of hydrogen-bond acceptors (Lipinski definition) is 3. The molecule has 2 amide bonds. The minimum atomic E-state index is 0.0803. The van der Waals surface area contributed by atoms with Gasteiger partial charge in [0, 0.05) is 26.2 Å². The minimum absolute atomic E-state index is 0.0803. The molecular weight excluding hydrogens is 340 g/mol. The van der Waals surface area contributed by atoms with E-state index < -0.39 is 0 Å². The van der Waals surface area contributed by atoms with Crippen molar-refractivity contribution in [2.24, 2.45) is 0 Å². The average molecular weight is 366 g/mol. The van der Waals surface area contributed by atoms with Crippen molar-refractivity contribution in [1.29, 1.82) is 0 Å². The normalized spacial score (nSPS) is 14.1. The molecular formula is C22H26N2O3. The highest BCUT2D eigenvalue weighted by Gasteiger charge is 2.24. The summed E-state index contributed by atoms with van der Waals surface area (Å²) < 4.78 is 5.59. The van der Waals surface area contributed by atoms with E-state index in [0.717, 1.165) is 16.9 Å². The molecule has 1 fully saturated rings. The Morgan fingerprint density at radius 3 is 2.22 bits per heavy atom. The summed E-state index contributed by atoms with van der Waals surface area (Å²) in [6, 6.07) is 17.5. The van der Waals surface area contributed by atoms with Gasteiger partial charge in [-0.15, -0.1) is 0 Å². The summed E-state index contributed by atoms with van der Waals surface area (Å²) in [6.07, 6.45) is 0.771. The fourth-order valence-electron chi connectivity index (χ4n) is 3.24. The predicted octanol–water partition coefficient (Wildman–Crippen LogP) is 2.68. The first-order chi connectivity index (χ1) is 13.1. The number of rotatable bonds is 6. The highest BCUT2D eigenvalue weighted by Crippen LogP contribution is 2.11. The number of carbonyl (C=O) groups is 2. The number of piperazine rings is 1. The molecule has 1 aliphatic rings. The number of carbonyl (C=O) groups excluding carboxylic acids is 2. The Kier molecular flexibility index (Phi) is 6.47. The van der Waals surface area contributed by atoms with Gasteiger partial charge in [-0.25, -0.2) is 0 Å². The van der Waals surface area contributed by atoms with Gasteiger partial charge in [0.05, 0.1) is 19.4 Å². The van der Waals surface area contributed by atoms with Crippen LogP contribution in [0.5, 0.6) is 5.75 Å². The first-order valence-corrected chi connectivity index (χ1v) is 9.41. The fourth-order valence-corrected chi connectivity index (χ4v) is 3.24. The average Bonchev–Trinajstić information content (AvgIpc) is 2.69. The molecule has 0 radical (unpaired) electrons. The summed E-state index contributed by atoms with van der Waals surface area (Å²) in [6.45, 7) is 4.76. The standard InChI is InChI=1S/C22H26N2O3/c1-18-6-5-7-19(16-18)17-22(26)24-13-11-23(12-14-24)21(25)10-15-27-20-8-3-2-4-9-20/h2-9,16H,10-15,17H2,1H3. The van der Waals surface area contributed by atoms with Crippen LogP contribution in [0.25, 0.3) is 0 Å². The second kappa shape index (κ2) is 9.21. The van der Waals surface area contributed by atoms with E-state index in [4.69, 9.17) is 4.74 Å². The van der Waals surface area contributed by atoms with Gasteiger partial charge in [-0.2, -0.15) is 0 Å². The van der Waals surface area contributed by atoms with Crippen molar-refractivity contribution < 1.29 is 14.3 Å². The molecule has 1 aliphatic heterocycles. The molecule has 0 aromatic heterocycles. The summed E-state index contributed by atoms with van der Waals surface area (Å²) in [5.74, 6) is 0.980. The van der Waals surface area contributed by atoms with Crippen LogP contribution in [-0.4, -0.2) is 54.4 Å². The van der Waals surface area contributed by atoms with Gasteiger partial charge >= 0.3 is 0 Å². The van der Waals surface area contributed by atoms with E-state index in [-0.39, 0.29) is 11.8 Å². The van der Waals surface area contributed by atoms with Crippen LogP contribution in [0.3, 0.4) is 0 Å². The molecule has 0 unspecified atom stereocenters. The van der Waals surface area contributed by atoms with Crippen molar-refractivity contribution in [3.63, 3.8) is 0 Å². The smallest absolute Gasteiger partial charge is 0.227 e. The van der Waals surface area contributed by atoms with Crippen LogP contribution < -0.4 is 4.74 Å². The van der Waals surface area contributed by atoms with Crippen LogP contribution in [0.15, 0.2) is 54.6 Å². The Hall–Kier alpha value is -2.82. The lowest BCUT2D eigenvalue weighted by molar-refractivity contribution is -0.139. The maximum absolute atomic E-state index is 12.5. The van der Waals surface area contributed by atoms with E-state index in [1.165, 1.54) is 0 Å². The number of aryl methyl sites for hydroxylation is 1. The first-order valence-electron chi connectivity index (χ1n) is 9.41. The molecule has 1 heterocycles. The Morgan fingerprint density at radius 2 is 1.56 bits per heavy atom. The van der Waals surface area contributed by atoms with Crippen LogP contribution in [0.4, 0.5) is 0 Å². The lowest BCUT2D eigenvalue weighted by Crippen LogP contribution is -2.51. The number of benzene rings is 2. The SMILES string of the molecule is Cc1cccc(CC(=O)N2CCN(C(=O)CCOc3ccccc3)CC2)c1. The zero-order valence-electron chi connectivity index (χ0n) is 15.8. The number of ether oxygens (including phenoxy) is 1. The Morgan fingerprint density at radius 1 is 0.889 bits per heavy atom. The zero-order chi connectivity index (χ0) is 19.1. The van der Waals surface area contributed by atoms with E-state index in [1.807, 2.05) is 71.3 Å². The zero-order valence-corrected chi connectivity index (χ0v) is 15.8.